The molecule has 1 saturated carbocycles. The largest absolute Gasteiger partial charge is 0.315 e. The van der Waals surface area contributed by atoms with Crippen LogP contribution in [0.15, 0.2) is 0 Å². The van der Waals surface area contributed by atoms with E-state index in [9.17, 15) is 0 Å². The third kappa shape index (κ3) is 4.06. The molecule has 0 aromatic rings. The normalized spacial score (nSPS) is 36.2. The quantitative estimate of drug-likeness (QED) is 0.767. The van der Waals surface area contributed by atoms with Crippen LogP contribution in [0.1, 0.15) is 51.9 Å². The molecule has 2 aliphatic rings. The smallest absolute Gasteiger partial charge is 0.0192 e. The lowest BCUT2D eigenvalue weighted by Gasteiger charge is -2.28. The minimum Gasteiger partial charge on any atom is -0.315 e. The molecule has 16 heavy (non-hydrogen) atoms. The van der Waals surface area contributed by atoms with Gasteiger partial charge in [0.25, 0.3) is 0 Å². The van der Waals surface area contributed by atoms with Gasteiger partial charge in [-0.15, -0.1) is 0 Å². The molecule has 0 radical (unpaired) electrons. The maximum Gasteiger partial charge on any atom is 0.0192 e. The van der Waals surface area contributed by atoms with Crippen molar-refractivity contribution in [1.29, 1.82) is 0 Å². The van der Waals surface area contributed by atoms with Crippen LogP contribution in [0.25, 0.3) is 0 Å². The summed E-state index contributed by atoms with van der Waals surface area (Å²) in [5.74, 6) is 1.92. The van der Waals surface area contributed by atoms with E-state index in [1.165, 1.54) is 64.6 Å². The first-order valence-electron chi connectivity index (χ1n) is 7.28. The van der Waals surface area contributed by atoms with Gasteiger partial charge in [0, 0.05) is 12.6 Å². The fraction of sp³-hybridized carbons (Fsp3) is 1.00. The zero-order chi connectivity index (χ0) is 11.2. The van der Waals surface area contributed by atoms with Gasteiger partial charge in [0.1, 0.15) is 0 Å². The van der Waals surface area contributed by atoms with Crippen molar-refractivity contribution in [2.75, 3.05) is 19.6 Å². The Labute approximate surface area is 101 Å². The molecule has 0 aromatic carbocycles. The second kappa shape index (κ2) is 6.61. The molecule has 2 fully saturated rings. The van der Waals surface area contributed by atoms with E-state index in [-0.39, 0.29) is 0 Å². The van der Waals surface area contributed by atoms with E-state index in [1.54, 1.807) is 0 Å². The molecule has 2 heteroatoms. The van der Waals surface area contributed by atoms with Crippen molar-refractivity contribution >= 4 is 0 Å². The summed E-state index contributed by atoms with van der Waals surface area (Å²) in [4.78, 5) is 0. The van der Waals surface area contributed by atoms with E-state index in [2.05, 4.69) is 17.6 Å². The van der Waals surface area contributed by atoms with E-state index in [0.29, 0.717) is 0 Å². The molecule has 2 N–H and O–H groups in total. The molecule has 3 unspecified atom stereocenters. The van der Waals surface area contributed by atoms with Gasteiger partial charge in [-0.2, -0.15) is 0 Å². The predicted molar refractivity (Wildman–Crippen MR) is 69.6 cm³/mol. The fourth-order valence-electron chi connectivity index (χ4n) is 3.31. The van der Waals surface area contributed by atoms with Crippen LogP contribution in [0.3, 0.4) is 0 Å². The summed E-state index contributed by atoms with van der Waals surface area (Å²) in [6.07, 6.45) is 9.97. The Bertz CT molecular complexity index is 187. The Balaban J connectivity index is 1.56. The van der Waals surface area contributed by atoms with Gasteiger partial charge in [-0.25, -0.2) is 0 Å². The molecule has 3 atom stereocenters. The van der Waals surface area contributed by atoms with Gasteiger partial charge < -0.3 is 10.6 Å². The highest BCUT2D eigenvalue weighted by atomic mass is 15.0. The number of piperidine rings is 1. The van der Waals surface area contributed by atoms with Gasteiger partial charge in [-0.3, -0.25) is 0 Å². The molecule has 0 amide bonds. The van der Waals surface area contributed by atoms with Crippen LogP contribution in [0, 0.1) is 11.8 Å². The third-order valence-corrected chi connectivity index (χ3v) is 4.28. The molecule has 0 spiro atoms. The maximum atomic E-state index is 3.68. The summed E-state index contributed by atoms with van der Waals surface area (Å²) >= 11 is 0. The molecule has 0 aromatic heterocycles. The average Bonchev–Trinajstić information content (AvgIpc) is 2.30. The van der Waals surface area contributed by atoms with Crippen molar-refractivity contribution in [1.82, 2.24) is 10.6 Å². The summed E-state index contributed by atoms with van der Waals surface area (Å²) in [6, 6.07) is 0.745. The van der Waals surface area contributed by atoms with Gasteiger partial charge in [-0.05, 0) is 50.6 Å². The number of hydrogen-bond donors (Lipinski definition) is 2. The van der Waals surface area contributed by atoms with Crippen molar-refractivity contribution in [3.05, 3.63) is 0 Å². The van der Waals surface area contributed by atoms with Crippen LogP contribution < -0.4 is 10.6 Å². The van der Waals surface area contributed by atoms with Crippen LogP contribution in [0.4, 0.5) is 0 Å². The van der Waals surface area contributed by atoms with E-state index >= 15 is 0 Å². The first-order chi connectivity index (χ1) is 7.84. The van der Waals surface area contributed by atoms with Gasteiger partial charge >= 0.3 is 0 Å². The second-order valence-electron chi connectivity index (χ2n) is 5.94. The molecule has 2 rings (SSSR count). The zero-order valence-corrected chi connectivity index (χ0v) is 10.8. The molecule has 1 aliphatic heterocycles. The third-order valence-electron chi connectivity index (χ3n) is 4.28. The van der Waals surface area contributed by atoms with Gasteiger partial charge in [0.2, 0.25) is 0 Å². The minimum atomic E-state index is 0.745. The lowest BCUT2D eigenvalue weighted by molar-refractivity contribution is 0.268. The van der Waals surface area contributed by atoms with Crippen LogP contribution in [0.2, 0.25) is 0 Å². The first-order valence-corrected chi connectivity index (χ1v) is 7.28. The highest BCUT2D eigenvalue weighted by Crippen LogP contribution is 2.27. The van der Waals surface area contributed by atoms with E-state index < -0.39 is 0 Å². The molecule has 1 aliphatic carbocycles. The SMILES string of the molecule is CC1CCCC(CNCC2CCCCN2)C1. The van der Waals surface area contributed by atoms with Crippen LogP contribution in [-0.4, -0.2) is 25.7 Å². The van der Waals surface area contributed by atoms with E-state index in [4.69, 9.17) is 0 Å². The molecule has 0 bridgehead atoms. The Hall–Kier alpha value is -0.0800. The van der Waals surface area contributed by atoms with Crippen molar-refractivity contribution in [2.24, 2.45) is 11.8 Å². The van der Waals surface area contributed by atoms with Crippen molar-refractivity contribution < 1.29 is 0 Å². The van der Waals surface area contributed by atoms with Crippen LogP contribution >= 0.6 is 0 Å². The second-order valence-corrected chi connectivity index (χ2v) is 5.94. The summed E-state index contributed by atoms with van der Waals surface area (Å²) < 4.78 is 0. The minimum absolute atomic E-state index is 0.745. The molecular formula is C14H28N2. The van der Waals surface area contributed by atoms with Crippen molar-refractivity contribution in [3.63, 3.8) is 0 Å². The number of nitrogens with one attached hydrogen (secondary N) is 2. The predicted octanol–water partition coefficient (Wildman–Crippen LogP) is 2.54. The van der Waals surface area contributed by atoms with E-state index in [0.717, 1.165) is 17.9 Å². The van der Waals surface area contributed by atoms with Crippen molar-refractivity contribution in [2.45, 2.75) is 57.9 Å². The lowest BCUT2D eigenvalue weighted by Crippen LogP contribution is -2.43. The van der Waals surface area contributed by atoms with Crippen molar-refractivity contribution in [3.8, 4) is 0 Å². The highest BCUT2D eigenvalue weighted by Gasteiger charge is 2.19. The number of hydrogen-bond acceptors (Lipinski definition) is 2. The van der Waals surface area contributed by atoms with Gasteiger partial charge in [-0.1, -0.05) is 26.2 Å². The zero-order valence-electron chi connectivity index (χ0n) is 10.8. The summed E-state index contributed by atoms with van der Waals surface area (Å²) in [7, 11) is 0. The first kappa shape index (κ1) is 12.4. The topological polar surface area (TPSA) is 24.1 Å². The van der Waals surface area contributed by atoms with Gasteiger partial charge in [0.15, 0.2) is 0 Å². The summed E-state index contributed by atoms with van der Waals surface area (Å²) in [5.41, 5.74) is 0. The maximum absolute atomic E-state index is 3.68. The fourth-order valence-corrected chi connectivity index (χ4v) is 3.31. The summed E-state index contributed by atoms with van der Waals surface area (Å²) in [6.45, 7) is 6.08. The summed E-state index contributed by atoms with van der Waals surface area (Å²) in [5, 5.41) is 7.29. The van der Waals surface area contributed by atoms with Gasteiger partial charge in [0.05, 0.1) is 0 Å². The monoisotopic (exact) mass is 224 g/mol. The standard InChI is InChI=1S/C14H28N2/c1-12-5-4-6-13(9-12)10-15-11-14-7-2-3-8-16-14/h12-16H,2-11H2,1H3. The molecule has 1 saturated heterocycles. The Kier molecular flexibility index (Phi) is 5.11. The molecule has 1 heterocycles. The van der Waals surface area contributed by atoms with Crippen LogP contribution in [-0.2, 0) is 0 Å². The average molecular weight is 224 g/mol. The van der Waals surface area contributed by atoms with Crippen LogP contribution in [0.5, 0.6) is 0 Å². The Morgan fingerprint density at radius 2 is 2.00 bits per heavy atom. The number of rotatable bonds is 4. The molecule has 2 nitrogen and oxygen atoms in total. The molecular weight excluding hydrogens is 196 g/mol. The highest BCUT2D eigenvalue weighted by molar-refractivity contribution is 4.77. The van der Waals surface area contributed by atoms with E-state index in [1.807, 2.05) is 0 Å². The molecule has 94 valence electrons. The Morgan fingerprint density at radius 1 is 1.06 bits per heavy atom. The Morgan fingerprint density at radius 3 is 2.75 bits per heavy atom. The lowest BCUT2D eigenvalue weighted by atomic mass is 9.82.